The first-order chi connectivity index (χ1) is 13.7. The second kappa shape index (κ2) is 7.95. The Labute approximate surface area is 172 Å². The minimum Gasteiger partial charge on any atom is -0.465 e. The molecular formula is C19H15ClN4O4S. The lowest BCUT2D eigenvalue weighted by atomic mass is 10.2. The van der Waals surface area contributed by atoms with Gasteiger partial charge in [0, 0.05) is 13.1 Å². The van der Waals surface area contributed by atoms with Gasteiger partial charge >= 0.3 is 6.09 Å². The molecule has 1 N–H and O–H groups in total. The highest BCUT2D eigenvalue weighted by atomic mass is 35.5. The second-order valence-corrected chi connectivity index (χ2v) is 8.42. The lowest BCUT2D eigenvalue weighted by Crippen LogP contribution is -2.24. The van der Waals surface area contributed by atoms with Gasteiger partial charge in [0.15, 0.2) is 5.03 Å². The fourth-order valence-electron chi connectivity index (χ4n) is 2.64. The van der Waals surface area contributed by atoms with Crippen molar-refractivity contribution in [3.63, 3.8) is 0 Å². The van der Waals surface area contributed by atoms with Crippen molar-refractivity contribution in [1.82, 2.24) is 14.7 Å². The maximum atomic E-state index is 13.3. The summed E-state index contributed by atoms with van der Waals surface area (Å²) >= 11 is 6.24. The Balaban J connectivity index is 2.20. The number of aromatic nitrogens is 2. The number of rotatable bonds is 5. The van der Waals surface area contributed by atoms with Crippen LogP contribution in [0.25, 0.3) is 5.69 Å². The number of carbonyl (C=O) groups is 1. The molecule has 0 fully saturated rings. The van der Waals surface area contributed by atoms with E-state index < -0.39 is 15.9 Å². The zero-order valence-corrected chi connectivity index (χ0v) is 16.7. The highest BCUT2D eigenvalue weighted by molar-refractivity contribution is 7.91. The van der Waals surface area contributed by atoms with Crippen LogP contribution in [0.4, 0.5) is 4.79 Å². The van der Waals surface area contributed by atoms with Gasteiger partial charge in [-0.25, -0.2) is 17.9 Å². The highest BCUT2D eigenvalue weighted by Gasteiger charge is 2.26. The van der Waals surface area contributed by atoms with E-state index in [1.165, 1.54) is 42.1 Å². The zero-order chi connectivity index (χ0) is 21.2. The average Bonchev–Trinajstić information content (AvgIpc) is 3.12. The molecule has 10 heteroatoms. The molecule has 3 aromatic rings. The molecule has 1 aromatic heterocycles. The minimum atomic E-state index is -4.08. The molecule has 0 atom stereocenters. The van der Waals surface area contributed by atoms with Gasteiger partial charge in [0.05, 0.1) is 39.5 Å². The third kappa shape index (κ3) is 4.08. The lowest BCUT2D eigenvalue weighted by molar-refractivity contribution is 0.153. The van der Waals surface area contributed by atoms with Crippen molar-refractivity contribution >= 4 is 27.5 Å². The van der Waals surface area contributed by atoms with E-state index in [1.54, 1.807) is 24.3 Å². The Morgan fingerprint density at radius 3 is 2.62 bits per heavy atom. The molecule has 0 spiro atoms. The topological polar surface area (TPSA) is 116 Å². The van der Waals surface area contributed by atoms with Crippen LogP contribution in [-0.4, -0.2) is 41.3 Å². The van der Waals surface area contributed by atoms with E-state index in [0.717, 1.165) is 4.90 Å². The van der Waals surface area contributed by atoms with Gasteiger partial charge in [-0.05, 0) is 30.3 Å². The molecule has 148 valence electrons. The maximum Gasteiger partial charge on any atom is 0.407 e. The predicted molar refractivity (Wildman–Crippen MR) is 105 cm³/mol. The molecule has 0 bridgehead atoms. The van der Waals surface area contributed by atoms with Gasteiger partial charge in [0.1, 0.15) is 0 Å². The van der Waals surface area contributed by atoms with Crippen molar-refractivity contribution in [3.8, 4) is 11.8 Å². The minimum absolute atomic E-state index is 0.0807. The zero-order valence-electron chi connectivity index (χ0n) is 15.2. The number of sulfone groups is 1. The molecule has 1 amide bonds. The molecule has 0 aliphatic carbocycles. The molecule has 29 heavy (non-hydrogen) atoms. The first-order valence-electron chi connectivity index (χ1n) is 8.27. The second-order valence-electron chi connectivity index (χ2n) is 6.12. The summed E-state index contributed by atoms with van der Waals surface area (Å²) in [5.41, 5.74) is 0.749. The number of nitriles is 1. The number of para-hydroxylation sites is 1. The van der Waals surface area contributed by atoms with Gasteiger partial charge in [-0.1, -0.05) is 29.8 Å². The number of halogens is 1. The van der Waals surface area contributed by atoms with Gasteiger partial charge in [-0.15, -0.1) is 0 Å². The quantitative estimate of drug-likeness (QED) is 0.663. The molecule has 0 saturated heterocycles. The van der Waals surface area contributed by atoms with Gasteiger partial charge in [0.25, 0.3) is 0 Å². The Hall–Kier alpha value is -3.35. The summed E-state index contributed by atoms with van der Waals surface area (Å²) in [5, 5.41) is 22.5. The molecular weight excluding hydrogens is 416 g/mol. The summed E-state index contributed by atoms with van der Waals surface area (Å²) in [6.07, 6.45) is -1.18. The van der Waals surface area contributed by atoms with E-state index in [1.807, 2.05) is 6.07 Å². The Bertz CT molecular complexity index is 1230. The summed E-state index contributed by atoms with van der Waals surface area (Å²) in [6, 6.07) is 15.4. The number of hydrogen-bond donors (Lipinski definition) is 1. The van der Waals surface area contributed by atoms with E-state index in [9.17, 15) is 13.2 Å². The largest absolute Gasteiger partial charge is 0.465 e. The average molecular weight is 431 g/mol. The van der Waals surface area contributed by atoms with Gasteiger partial charge in [0.2, 0.25) is 9.84 Å². The van der Waals surface area contributed by atoms with Gasteiger partial charge in [-0.3, -0.25) is 0 Å². The highest BCUT2D eigenvalue weighted by Crippen LogP contribution is 2.28. The van der Waals surface area contributed by atoms with Gasteiger partial charge in [-0.2, -0.15) is 10.4 Å². The molecule has 0 saturated carbocycles. The van der Waals surface area contributed by atoms with E-state index in [2.05, 4.69) is 5.10 Å². The molecule has 8 nitrogen and oxygen atoms in total. The van der Waals surface area contributed by atoms with Crippen molar-refractivity contribution in [2.75, 3.05) is 7.05 Å². The monoisotopic (exact) mass is 430 g/mol. The standard InChI is InChI=1S/C19H15ClN4O4S/c1-23(19(25)26)12-14-10-18(24(22-14)17-8-3-2-7-16(17)20)29(27,28)15-6-4-5-13(9-15)11-21/h2-10H,12H2,1H3,(H,25,26). The maximum absolute atomic E-state index is 13.3. The SMILES string of the molecule is CN(Cc1cc(S(=O)(=O)c2cccc(C#N)c2)n(-c2ccccc2Cl)n1)C(=O)O. The summed E-state index contributed by atoms with van der Waals surface area (Å²) < 4.78 is 27.8. The number of hydrogen-bond acceptors (Lipinski definition) is 5. The molecule has 1 heterocycles. The Kier molecular flexibility index (Phi) is 5.59. The van der Waals surface area contributed by atoms with Crippen LogP contribution in [0.15, 0.2) is 64.5 Å². The van der Waals surface area contributed by atoms with E-state index in [0.29, 0.717) is 5.69 Å². The third-order valence-corrected chi connectivity index (χ3v) is 6.12. The summed E-state index contributed by atoms with van der Waals surface area (Å²) in [6.45, 7) is -0.118. The van der Waals surface area contributed by atoms with Crippen LogP contribution in [0.5, 0.6) is 0 Å². The van der Waals surface area contributed by atoms with Crippen LogP contribution in [0.3, 0.4) is 0 Å². The van der Waals surface area contributed by atoms with Crippen molar-refractivity contribution < 1.29 is 18.3 Å². The van der Waals surface area contributed by atoms with Crippen LogP contribution in [0, 0.1) is 11.3 Å². The summed E-state index contributed by atoms with van der Waals surface area (Å²) in [4.78, 5) is 12.0. The van der Waals surface area contributed by atoms with E-state index in [-0.39, 0.29) is 32.7 Å². The molecule has 0 aliphatic rings. The van der Waals surface area contributed by atoms with Crippen LogP contribution in [0.2, 0.25) is 5.02 Å². The normalized spacial score (nSPS) is 11.1. The number of amides is 1. The molecule has 0 unspecified atom stereocenters. The molecule has 3 rings (SSSR count). The van der Waals surface area contributed by atoms with Crippen molar-refractivity contribution in [2.45, 2.75) is 16.5 Å². The first kappa shape index (κ1) is 20.4. The van der Waals surface area contributed by atoms with Crippen LogP contribution >= 0.6 is 11.6 Å². The Morgan fingerprint density at radius 2 is 1.97 bits per heavy atom. The number of benzene rings is 2. The van der Waals surface area contributed by atoms with Crippen LogP contribution in [-0.2, 0) is 16.4 Å². The fourth-order valence-corrected chi connectivity index (χ4v) is 4.29. The third-order valence-electron chi connectivity index (χ3n) is 4.08. The van der Waals surface area contributed by atoms with Crippen LogP contribution < -0.4 is 0 Å². The fraction of sp³-hybridized carbons (Fsp3) is 0.105. The number of carboxylic acid groups (broad SMARTS) is 1. The van der Waals surface area contributed by atoms with E-state index >= 15 is 0 Å². The van der Waals surface area contributed by atoms with Crippen molar-refractivity contribution in [2.24, 2.45) is 0 Å². The Morgan fingerprint density at radius 1 is 1.24 bits per heavy atom. The first-order valence-corrected chi connectivity index (χ1v) is 10.1. The van der Waals surface area contributed by atoms with Crippen molar-refractivity contribution in [3.05, 3.63) is 70.9 Å². The molecule has 0 aliphatic heterocycles. The molecule has 0 radical (unpaired) electrons. The van der Waals surface area contributed by atoms with Gasteiger partial charge < -0.3 is 10.0 Å². The smallest absolute Gasteiger partial charge is 0.407 e. The molecule has 2 aromatic carbocycles. The summed E-state index contributed by atoms with van der Waals surface area (Å²) in [5.74, 6) is 0. The lowest BCUT2D eigenvalue weighted by Gasteiger charge is -2.10. The van der Waals surface area contributed by atoms with Crippen molar-refractivity contribution in [1.29, 1.82) is 5.26 Å². The predicted octanol–water partition coefficient (Wildman–Crippen LogP) is 3.34. The van der Waals surface area contributed by atoms with E-state index in [4.69, 9.17) is 22.0 Å². The van der Waals surface area contributed by atoms with Crippen LogP contribution in [0.1, 0.15) is 11.3 Å². The number of nitrogens with zero attached hydrogens (tertiary/aromatic N) is 4. The summed E-state index contributed by atoms with van der Waals surface area (Å²) in [7, 11) is -2.73.